The molecule has 1 aliphatic rings. The summed E-state index contributed by atoms with van der Waals surface area (Å²) in [6, 6.07) is 0. The Morgan fingerprint density at radius 1 is 1.00 bits per heavy atom. The van der Waals surface area contributed by atoms with Gasteiger partial charge in [0.25, 0.3) is 0 Å². The molecule has 0 aliphatic carbocycles. The summed E-state index contributed by atoms with van der Waals surface area (Å²) in [6.45, 7) is 4.99. The highest BCUT2D eigenvalue weighted by molar-refractivity contribution is 4.62. The van der Waals surface area contributed by atoms with Gasteiger partial charge in [-0.3, -0.25) is 0 Å². The minimum Gasteiger partial charge on any atom is -0.381 e. The van der Waals surface area contributed by atoms with E-state index in [4.69, 9.17) is 9.47 Å². The second-order valence-corrected chi connectivity index (χ2v) is 4.45. The summed E-state index contributed by atoms with van der Waals surface area (Å²) in [6.07, 6.45) is 10.7. The molecule has 0 N–H and O–H groups in total. The van der Waals surface area contributed by atoms with E-state index in [1.54, 1.807) is 0 Å². The second-order valence-electron chi connectivity index (χ2n) is 4.45. The third kappa shape index (κ3) is 6.91. The zero-order chi connectivity index (χ0) is 10.8. The van der Waals surface area contributed by atoms with Crippen molar-refractivity contribution in [3.05, 3.63) is 0 Å². The smallest absolute Gasteiger partial charge is 0.0619 e. The molecule has 0 aromatic carbocycles. The summed E-state index contributed by atoms with van der Waals surface area (Å²) < 4.78 is 11.1. The maximum Gasteiger partial charge on any atom is 0.0619 e. The molecule has 1 saturated heterocycles. The molecule has 1 rings (SSSR count). The highest BCUT2D eigenvalue weighted by Crippen LogP contribution is 2.12. The summed E-state index contributed by atoms with van der Waals surface area (Å²) in [5, 5.41) is 0. The number of hydrogen-bond acceptors (Lipinski definition) is 2. The molecular weight excluding hydrogens is 188 g/mol. The van der Waals surface area contributed by atoms with Crippen LogP contribution in [0, 0.1) is 0 Å². The van der Waals surface area contributed by atoms with Gasteiger partial charge in [0.15, 0.2) is 0 Å². The predicted octanol–water partition coefficient (Wildman–Crippen LogP) is 3.54. The topological polar surface area (TPSA) is 18.5 Å². The van der Waals surface area contributed by atoms with Crippen LogP contribution in [0.2, 0.25) is 0 Å². The van der Waals surface area contributed by atoms with E-state index in [0.717, 1.165) is 32.7 Å². The van der Waals surface area contributed by atoms with E-state index in [2.05, 4.69) is 6.92 Å². The summed E-state index contributed by atoms with van der Waals surface area (Å²) in [5.74, 6) is 0. The molecular formula is C13H26O2. The van der Waals surface area contributed by atoms with Crippen molar-refractivity contribution in [2.45, 2.75) is 64.4 Å². The maximum absolute atomic E-state index is 5.81. The molecule has 0 aromatic rings. The lowest BCUT2D eigenvalue weighted by Crippen LogP contribution is -2.23. The van der Waals surface area contributed by atoms with Crippen molar-refractivity contribution >= 4 is 0 Å². The Hall–Kier alpha value is -0.0800. The van der Waals surface area contributed by atoms with Crippen LogP contribution in [0.15, 0.2) is 0 Å². The largest absolute Gasteiger partial charge is 0.381 e. The number of hydrogen-bond donors (Lipinski definition) is 0. The Labute approximate surface area is 94.3 Å². The molecule has 2 heteroatoms. The van der Waals surface area contributed by atoms with Crippen LogP contribution in [0.5, 0.6) is 0 Å². The number of rotatable bonds is 8. The van der Waals surface area contributed by atoms with Gasteiger partial charge in [0.05, 0.1) is 6.10 Å². The van der Waals surface area contributed by atoms with E-state index in [-0.39, 0.29) is 0 Å². The maximum atomic E-state index is 5.81. The van der Waals surface area contributed by atoms with Gasteiger partial charge in [-0.1, -0.05) is 39.0 Å². The minimum atomic E-state index is 0.481. The van der Waals surface area contributed by atoms with E-state index in [1.165, 1.54) is 38.5 Å². The molecule has 1 heterocycles. The summed E-state index contributed by atoms with van der Waals surface area (Å²) in [7, 11) is 0. The molecule has 0 saturated carbocycles. The van der Waals surface area contributed by atoms with Gasteiger partial charge in [-0.25, -0.2) is 0 Å². The van der Waals surface area contributed by atoms with Gasteiger partial charge >= 0.3 is 0 Å². The lowest BCUT2D eigenvalue weighted by Gasteiger charge is -2.22. The van der Waals surface area contributed by atoms with Crippen LogP contribution in [0.25, 0.3) is 0 Å². The average molecular weight is 214 g/mol. The average Bonchev–Trinajstić information content (AvgIpc) is 2.29. The van der Waals surface area contributed by atoms with E-state index in [0.29, 0.717) is 6.10 Å². The molecule has 0 radical (unpaired) electrons. The van der Waals surface area contributed by atoms with Gasteiger partial charge < -0.3 is 9.47 Å². The second kappa shape index (κ2) is 9.17. The molecule has 0 bridgehead atoms. The molecule has 90 valence electrons. The van der Waals surface area contributed by atoms with Crippen LogP contribution in [0.4, 0.5) is 0 Å². The van der Waals surface area contributed by atoms with Crippen molar-refractivity contribution in [2.75, 3.05) is 19.8 Å². The fraction of sp³-hybridized carbons (Fsp3) is 1.00. The third-order valence-corrected chi connectivity index (χ3v) is 3.02. The first-order valence-electron chi connectivity index (χ1n) is 6.63. The standard InChI is InChI=1S/C13H26O2/c1-2-3-4-5-6-7-10-15-13-8-11-14-12-9-13/h13H,2-12H2,1H3. The molecule has 1 fully saturated rings. The van der Waals surface area contributed by atoms with Crippen molar-refractivity contribution in [2.24, 2.45) is 0 Å². The fourth-order valence-corrected chi connectivity index (χ4v) is 1.98. The Kier molecular flexibility index (Phi) is 7.94. The van der Waals surface area contributed by atoms with Crippen molar-refractivity contribution in [3.8, 4) is 0 Å². The zero-order valence-electron chi connectivity index (χ0n) is 10.2. The SMILES string of the molecule is CCCCCCCCOC1CCOCC1. The Morgan fingerprint density at radius 3 is 2.40 bits per heavy atom. The number of unbranched alkanes of at least 4 members (excludes halogenated alkanes) is 5. The van der Waals surface area contributed by atoms with Gasteiger partial charge in [0, 0.05) is 19.8 Å². The van der Waals surface area contributed by atoms with E-state index in [1.807, 2.05) is 0 Å². The molecule has 15 heavy (non-hydrogen) atoms. The van der Waals surface area contributed by atoms with E-state index in [9.17, 15) is 0 Å². The van der Waals surface area contributed by atoms with E-state index < -0.39 is 0 Å². The predicted molar refractivity (Wildman–Crippen MR) is 63.2 cm³/mol. The van der Waals surface area contributed by atoms with Gasteiger partial charge in [-0.15, -0.1) is 0 Å². The van der Waals surface area contributed by atoms with Crippen molar-refractivity contribution in [1.82, 2.24) is 0 Å². The van der Waals surface area contributed by atoms with Crippen LogP contribution in [-0.4, -0.2) is 25.9 Å². The van der Waals surface area contributed by atoms with Crippen LogP contribution < -0.4 is 0 Å². The normalized spacial score (nSPS) is 18.2. The summed E-state index contributed by atoms with van der Waals surface area (Å²) in [5.41, 5.74) is 0. The minimum absolute atomic E-state index is 0.481. The van der Waals surface area contributed by atoms with Crippen LogP contribution in [-0.2, 0) is 9.47 Å². The highest BCUT2D eigenvalue weighted by Gasteiger charge is 2.13. The molecule has 0 aromatic heterocycles. The van der Waals surface area contributed by atoms with Crippen molar-refractivity contribution < 1.29 is 9.47 Å². The van der Waals surface area contributed by atoms with Crippen molar-refractivity contribution in [1.29, 1.82) is 0 Å². The quantitative estimate of drug-likeness (QED) is 0.575. The zero-order valence-corrected chi connectivity index (χ0v) is 10.2. The first-order chi connectivity index (χ1) is 7.43. The lowest BCUT2D eigenvalue weighted by molar-refractivity contribution is -0.0327. The van der Waals surface area contributed by atoms with Crippen LogP contribution in [0.1, 0.15) is 58.3 Å². The molecule has 0 atom stereocenters. The molecule has 1 aliphatic heterocycles. The van der Waals surface area contributed by atoms with Crippen LogP contribution >= 0.6 is 0 Å². The molecule has 0 spiro atoms. The summed E-state index contributed by atoms with van der Waals surface area (Å²) >= 11 is 0. The number of ether oxygens (including phenoxy) is 2. The van der Waals surface area contributed by atoms with Crippen LogP contribution in [0.3, 0.4) is 0 Å². The Bertz CT molecular complexity index is 130. The van der Waals surface area contributed by atoms with Gasteiger partial charge in [-0.05, 0) is 19.3 Å². The fourth-order valence-electron chi connectivity index (χ4n) is 1.98. The Balaban J connectivity index is 1.79. The monoisotopic (exact) mass is 214 g/mol. The van der Waals surface area contributed by atoms with E-state index >= 15 is 0 Å². The highest BCUT2D eigenvalue weighted by atomic mass is 16.5. The van der Waals surface area contributed by atoms with Gasteiger partial charge in [-0.2, -0.15) is 0 Å². The first kappa shape index (κ1) is 13.0. The Morgan fingerprint density at radius 2 is 1.67 bits per heavy atom. The van der Waals surface area contributed by atoms with Gasteiger partial charge in [0.2, 0.25) is 0 Å². The third-order valence-electron chi connectivity index (χ3n) is 3.02. The molecule has 0 amide bonds. The first-order valence-corrected chi connectivity index (χ1v) is 6.63. The van der Waals surface area contributed by atoms with Gasteiger partial charge in [0.1, 0.15) is 0 Å². The lowest BCUT2D eigenvalue weighted by atomic mass is 10.1. The molecule has 0 unspecified atom stereocenters. The molecule has 2 nitrogen and oxygen atoms in total. The summed E-state index contributed by atoms with van der Waals surface area (Å²) in [4.78, 5) is 0. The van der Waals surface area contributed by atoms with Crippen molar-refractivity contribution in [3.63, 3.8) is 0 Å².